The third-order valence-electron chi connectivity index (χ3n) is 0.268. The van der Waals surface area contributed by atoms with Gasteiger partial charge in [-0.3, -0.25) is 0 Å². The maximum atomic E-state index is 9.62. The lowest BCUT2D eigenvalue weighted by Crippen LogP contribution is -1.97. The number of rotatable bonds is 1. The van der Waals surface area contributed by atoms with Gasteiger partial charge in [0.2, 0.25) is 6.93 Å². The zero-order chi connectivity index (χ0) is 7.70. The van der Waals surface area contributed by atoms with Crippen molar-refractivity contribution < 1.29 is 23.4 Å². The summed E-state index contributed by atoms with van der Waals surface area (Å²) in [5, 5.41) is 7.69. The van der Waals surface area contributed by atoms with Crippen LogP contribution in [-0.2, 0) is 4.74 Å². The first kappa shape index (κ1) is 11.0. The standard InChI is InChI=1S/C3H6O3.CH2F2/c1-2-6-3(4)5;2-1-3/h2H2,1H3,(H,4,5);1H2. The van der Waals surface area contributed by atoms with Crippen LogP contribution in [0.2, 0.25) is 0 Å². The molecule has 0 aromatic heterocycles. The van der Waals surface area contributed by atoms with E-state index in [4.69, 9.17) is 5.11 Å². The van der Waals surface area contributed by atoms with Crippen molar-refractivity contribution in [2.45, 2.75) is 6.92 Å². The van der Waals surface area contributed by atoms with Crippen LogP contribution in [0.4, 0.5) is 13.6 Å². The molecule has 0 saturated heterocycles. The highest BCUT2D eigenvalue weighted by Crippen LogP contribution is 1.69. The van der Waals surface area contributed by atoms with Crippen LogP contribution in [0.15, 0.2) is 0 Å². The molecule has 0 heterocycles. The molecule has 0 aromatic carbocycles. The molecule has 0 aromatic rings. The number of ether oxygens (including phenoxy) is 1. The van der Waals surface area contributed by atoms with Crippen LogP contribution in [-0.4, -0.2) is 24.8 Å². The molecule has 0 aliphatic carbocycles. The van der Waals surface area contributed by atoms with Gasteiger partial charge < -0.3 is 9.84 Å². The first-order valence-electron chi connectivity index (χ1n) is 2.16. The normalized spacial score (nSPS) is 7.00. The van der Waals surface area contributed by atoms with E-state index in [9.17, 15) is 13.6 Å². The fraction of sp³-hybridized carbons (Fsp3) is 0.750. The predicted molar refractivity (Wildman–Crippen MR) is 26.7 cm³/mol. The number of carbonyl (C=O) groups is 1. The van der Waals surface area contributed by atoms with Gasteiger partial charge >= 0.3 is 6.16 Å². The second-order valence-corrected chi connectivity index (χ2v) is 0.800. The van der Waals surface area contributed by atoms with Crippen LogP contribution in [0, 0.1) is 0 Å². The summed E-state index contributed by atoms with van der Waals surface area (Å²) in [5.74, 6) is 0. The van der Waals surface area contributed by atoms with Gasteiger partial charge in [0.1, 0.15) is 0 Å². The molecule has 3 nitrogen and oxygen atoms in total. The molecule has 1 N–H and O–H groups in total. The average molecular weight is 142 g/mol. The van der Waals surface area contributed by atoms with E-state index < -0.39 is 13.1 Å². The Labute approximate surface area is 51.2 Å². The van der Waals surface area contributed by atoms with Crippen molar-refractivity contribution in [3.05, 3.63) is 0 Å². The summed E-state index contributed by atoms with van der Waals surface area (Å²) in [6.07, 6.45) is -1.21. The second-order valence-electron chi connectivity index (χ2n) is 0.800. The lowest BCUT2D eigenvalue weighted by Gasteiger charge is -1.87. The van der Waals surface area contributed by atoms with Gasteiger partial charge in [-0.25, -0.2) is 13.6 Å². The van der Waals surface area contributed by atoms with Crippen molar-refractivity contribution in [2.24, 2.45) is 0 Å². The van der Waals surface area contributed by atoms with Gasteiger partial charge in [-0.2, -0.15) is 0 Å². The fourth-order valence-corrected chi connectivity index (χ4v) is 0.123. The molecule has 0 fully saturated rings. The minimum Gasteiger partial charge on any atom is -0.450 e. The van der Waals surface area contributed by atoms with Crippen molar-refractivity contribution in [3.8, 4) is 0 Å². The molecule has 0 saturated carbocycles. The van der Waals surface area contributed by atoms with E-state index in [2.05, 4.69) is 4.74 Å². The Bertz CT molecular complexity index is 66.8. The highest BCUT2D eigenvalue weighted by atomic mass is 19.3. The van der Waals surface area contributed by atoms with Gasteiger partial charge in [-0.05, 0) is 6.92 Å². The van der Waals surface area contributed by atoms with Crippen molar-refractivity contribution >= 4 is 6.16 Å². The van der Waals surface area contributed by atoms with Crippen LogP contribution in [0.25, 0.3) is 0 Å². The van der Waals surface area contributed by atoms with Crippen molar-refractivity contribution in [3.63, 3.8) is 0 Å². The van der Waals surface area contributed by atoms with Crippen LogP contribution < -0.4 is 0 Å². The maximum Gasteiger partial charge on any atom is 0.505 e. The summed E-state index contributed by atoms with van der Waals surface area (Å²) in [7, 11) is 0. The van der Waals surface area contributed by atoms with E-state index >= 15 is 0 Å². The van der Waals surface area contributed by atoms with E-state index in [1.165, 1.54) is 0 Å². The summed E-state index contributed by atoms with van der Waals surface area (Å²) in [6, 6.07) is 0. The highest BCUT2D eigenvalue weighted by Gasteiger charge is 1.86. The topological polar surface area (TPSA) is 46.5 Å². The molecule has 0 rings (SSSR count). The molecule has 0 aliphatic heterocycles. The molecule has 9 heavy (non-hydrogen) atoms. The number of alkyl halides is 2. The van der Waals surface area contributed by atoms with Gasteiger partial charge in [0.25, 0.3) is 0 Å². The Morgan fingerprint density at radius 2 is 2.00 bits per heavy atom. The van der Waals surface area contributed by atoms with E-state index in [-0.39, 0.29) is 6.61 Å². The Balaban J connectivity index is 0. The minimum absolute atomic E-state index is 0.231. The number of hydrogen-bond donors (Lipinski definition) is 1. The zero-order valence-electron chi connectivity index (χ0n) is 4.93. The van der Waals surface area contributed by atoms with Gasteiger partial charge in [0, 0.05) is 0 Å². The molecule has 5 heteroatoms. The largest absolute Gasteiger partial charge is 0.505 e. The van der Waals surface area contributed by atoms with E-state index in [0.29, 0.717) is 0 Å². The fourth-order valence-electron chi connectivity index (χ4n) is 0.123. The average Bonchev–Trinajstić information content (AvgIpc) is 1.67. The maximum absolute atomic E-state index is 9.62. The summed E-state index contributed by atoms with van der Waals surface area (Å²) >= 11 is 0. The van der Waals surface area contributed by atoms with Gasteiger partial charge in [0.05, 0.1) is 6.61 Å². The van der Waals surface area contributed by atoms with E-state index in [0.717, 1.165) is 0 Å². The monoisotopic (exact) mass is 142 g/mol. The van der Waals surface area contributed by atoms with Crippen molar-refractivity contribution in [1.29, 1.82) is 0 Å². The zero-order valence-corrected chi connectivity index (χ0v) is 4.93. The first-order chi connectivity index (χ1) is 4.18. The minimum atomic E-state index is -1.75. The molecule has 56 valence electrons. The Morgan fingerprint density at radius 3 is 2.00 bits per heavy atom. The quantitative estimate of drug-likeness (QED) is 0.565. The Morgan fingerprint density at radius 1 is 1.67 bits per heavy atom. The molecule has 0 spiro atoms. The Kier molecular flexibility index (Phi) is 12.4. The molecular weight excluding hydrogens is 134 g/mol. The third kappa shape index (κ3) is 41.4. The number of halogens is 2. The van der Waals surface area contributed by atoms with Crippen molar-refractivity contribution in [2.75, 3.05) is 13.5 Å². The molecular formula is C4H8F2O3. The third-order valence-corrected chi connectivity index (χ3v) is 0.268. The van der Waals surface area contributed by atoms with Crippen LogP contribution in [0.1, 0.15) is 6.92 Å². The summed E-state index contributed by atoms with van der Waals surface area (Å²) in [5.41, 5.74) is 0. The van der Waals surface area contributed by atoms with E-state index in [1.54, 1.807) is 6.92 Å². The lowest BCUT2D eigenvalue weighted by atomic mass is 10.9. The van der Waals surface area contributed by atoms with Crippen LogP contribution in [0.5, 0.6) is 0 Å². The van der Waals surface area contributed by atoms with Crippen LogP contribution in [0.3, 0.4) is 0 Å². The Hall–Kier alpha value is -0.870. The predicted octanol–water partition coefficient (Wildman–Crippen LogP) is 1.58. The highest BCUT2D eigenvalue weighted by molar-refractivity contribution is 5.56. The van der Waals surface area contributed by atoms with Gasteiger partial charge in [-0.1, -0.05) is 0 Å². The van der Waals surface area contributed by atoms with Gasteiger partial charge in [-0.15, -0.1) is 0 Å². The molecule has 0 aliphatic rings. The smallest absolute Gasteiger partial charge is 0.450 e. The SMILES string of the molecule is CCOC(=O)O.FCF. The molecule has 0 atom stereocenters. The van der Waals surface area contributed by atoms with Crippen LogP contribution >= 0.6 is 0 Å². The summed E-state index contributed by atoms with van der Waals surface area (Å²) in [4.78, 5) is 9.38. The second kappa shape index (κ2) is 10.2. The number of carboxylic acid groups (broad SMARTS) is 1. The molecule has 0 amide bonds. The summed E-state index contributed by atoms with van der Waals surface area (Å²) < 4.78 is 23.2. The van der Waals surface area contributed by atoms with Crippen molar-refractivity contribution in [1.82, 2.24) is 0 Å². The lowest BCUT2D eigenvalue weighted by molar-refractivity contribution is 0.0966. The molecule has 0 radical (unpaired) electrons. The summed E-state index contributed by atoms with van der Waals surface area (Å²) in [6.45, 7) is 0.101. The van der Waals surface area contributed by atoms with E-state index in [1.807, 2.05) is 0 Å². The number of hydrogen-bond acceptors (Lipinski definition) is 2. The molecule has 0 bridgehead atoms. The first-order valence-corrected chi connectivity index (χ1v) is 2.16. The van der Waals surface area contributed by atoms with Gasteiger partial charge in [0.15, 0.2) is 0 Å². The molecule has 0 unspecified atom stereocenters.